The third kappa shape index (κ3) is 5.11. The minimum atomic E-state index is -0.631. The highest BCUT2D eigenvalue weighted by atomic mass is 16.5. The molecule has 2 aliphatic carbocycles. The van der Waals surface area contributed by atoms with Crippen LogP contribution in [-0.4, -0.2) is 61.5 Å². The normalized spacial score (nSPS) is 27.7. The van der Waals surface area contributed by atoms with Crippen LogP contribution >= 0.6 is 0 Å². The van der Waals surface area contributed by atoms with Gasteiger partial charge in [0.1, 0.15) is 5.52 Å². The second kappa shape index (κ2) is 11.1. The minimum Gasteiger partial charge on any atom is -0.381 e. The van der Waals surface area contributed by atoms with Crippen molar-refractivity contribution in [2.45, 2.75) is 89.8 Å². The second-order valence-corrected chi connectivity index (χ2v) is 12.6. The van der Waals surface area contributed by atoms with Gasteiger partial charge in [0.25, 0.3) is 0 Å². The van der Waals surface area contributed by atoms with E-state index in [-0.39, 0.29) is 11.9 Å². The molecular formula is C30H40N8O3. The first-order valence-corrected chi connectivity index (χ1v) is 15.5. The maximum Gasteiger partial charge on any atom is 0.439 e. The molecule has 41 heavy (non-hydrogen) atoms. The minimum absolute atomic E-state index is 0.211. The monoisotopic (exact) mass is 560 g/mol. The van der Waals surface area contributed by atoms with Crippen LogP contribution in [0.3, 0.4) is 0 Å². The Bertz CT molecular complexity index is 1470. The zero-order valence-electron chi connectivity index (χ0n) is 23.8. The van der Waals surface area contributed by atoms with Crippen LogP contribution in [-0.2, 0) is 11.3 Å². The van der Waals surface area contributed by atoms with Crippen molar-refractivity contribution >= 4 is 22.9 Å². The first kappa shape index (κ1) is 26.5. The Morgan fingerprint density at radius 1 is 1.10 bits per heavy atom. The van der Waals surface area contributed by atoms with Gasteiger partial charge >= 0.3 is 5.76 Å². The summed E-state index contributed by atoms with van der Waals surface area (Å²) in [5.74, 6) is 6.57. The summed E-state index contributed by atoms with van der Waals surface area (Å²) in [7, 11) is 0. The third-order valence-corrected chi connectivity index (χ3v) is 10.0. The number of aromatic nitrogens is 6. The molecular weight excluding hydrogens is 520 g/mol. The lowest BCUT2D eigenvalue weighted by Crippen LogP contribution is -2.50. The molecule has 11 nitrogen and oxygen atoms in total. The van der Waals surface area contributed by atoms with Crippen LogP contribution in [0.15, 0.2) is 9.32 Å². The number of imidazole rings is 1. The summed E-state index contributed by atoms with van der Waals surface area (Å²) in [6, 6.07) is 0.647. The zero-order chi connectivity index (χ0) is 27.9. The van der Waals surface area contributed by atoms with Crippen molar-refractivity contribution < 1.29 is 9.26 Å². The smallest absolute Gasteiger partial charge is 0.381 e. The largest absolute Gasteiger partial charge is 0.439 e. The molecule has 5 heterocycles. The van der Waals surface area contributed by atoms with E-state index in [2.05, 4.69) is 37.8 Å². The van der Waals surface area contributed by atoms with Gasteiger partial charge in [-0.25, -0.2) is 14.8 Å². The van der Waals surface area contributed by atoms with E-state index in [0.29, 0.717) is 41.2 Å². The van der Waals surface area contributed by atoms with E-state index in [4.69, 9.17) is 30.6 Å². The summed E-state index contributed by atoms with van der Waals surface area (Å²) >= 11 is 0. The molecule has 0 bridgehead atoms. The number of terminal acetylenes is 1. The number of nitrogens with zero attached hydrogens (tertiary/aromatic N) is 6. The highest BCUT2D eigenvalue weighted by Gasteiger charge is 2.37. The Labute approximate surface area is 239 Å². The predicted molar refractivity (Wildman–Crippen MR) is 155 cm³/mol. The van der Waals surface area contributed by atoms with Crippen LogP contribution < -0.4 is 16.0 Å². The molecule has 218 valence electrons. The van der Waals surface area contributed by atoms with Crippen molar-refractivity contribution in [3.8, 4) is 24.0 Å². The number of fused-ring (bicyclic) bond motifs is 2. The Morgan fingerprint density at radius 2 is 1.95 bits per heavy atom. The number of rotatable bonds is 7. The van der Waals surface area contributed by atoms with Gasteiger partial charge in [-0.05, 0) is 76.5 Å². The summed E-state index contributed by atoms with van der Waals surface area (Å²) in [5, 5.41) is 7.63. The topological polar surface area (TPSA) is 127 Å². The van der Waals surface area contributed by atoms with Gasteiger partial charge < -0.3 is 19.5 Å². The molecule has 3 aromatic heterocycles. The molecule has 2 N–H and O–H groups in total. The maximum atomic E-state index is 11.8. The average Bonchev–Trinajstić information content (AvgIpc) is 3.56. The van der Waals surface area contributed by atoms with E-state index < -0.39 is 5.76 Å². The van der Waals surface area contributed by atoms with Gasteiger partial charge in [-0.3, -0.25) is 9.51 Å². The quantitative estimate of drug-likeness (QED) is 0.409. The molecule has 3 aromatic rings. The van der Waals surface area contributed by atoms with E-state index in [1.165, 1.54) is 25.7 Å². The average molecular weight is 561 g/mol. The first-order valence-electron chi connectivity index (χ1n) is 15.5. The van der Waals surface area contributed by atoms with Crippen LogP contribution in [0, 0.1) is 36.0 Å². The number of aromatic amines is 1. The number of H-pyrrole nitrogens is 1. The van der Waals surface area contributed by atoms with Crippen LogP contribution in [0.2, 0.25) is 0 Å². The van der Waals surface area contributed by atoms with Gasteiger partial charge in [0.15, 0.2) is 11.5 Å². The van der Waals surface area contributed by atoms with Crippen LogP contribution in [0.5, 0.6) is 0 Å². The van der Waals surface area contributed by atoms with Gasteiger partial charge in [-0.2, -0.15) is 4.98 Å². The number of hydrogen-bond acceptors (Lipinski definition) is 9. The third-order valence-electron chi connectivity index (χ3n) is 10.0. The summed E-state index contributed by atoms with van der Waals surface area (Å²) in [5.41, 5.74) is 1.54. The standard InChI is InChI=1S/C30H40N8O3/c1-3-19-9-11-20(12-10-19)16-38-24-25(31-18(2)21-6-4-7-21)32-27(28-35-30(39)41-36-28)33-26(24)34-29(38)37-14-5-8-22-17-40-15-13-23(22)37/h1,18-23H,4-17H2,2H3,(H,31,32,33)(H,35,36,39)/t18-,19-,20-,22?,23?/m1/s1. The highest BCUT2D eigenvalue weighted by molar-refractivity contribution is 5.87. The number of nitrogens with one attached hydrogen (secondary N) is 2. The zero-order valence-corrected chi connectivity index (χ0v) is 23.8. The van der Waals surface area contributed by atoms with Crippen molar-refractivity contribution in [3.63, 3.8) is 0 Å². The molecule has 7 rings (SSSR count). The van der Waals surface area contributed by atoms with Gasteiger partial charge in [0.05, 0.1) is 6.61 Å². The SMILES string of the molecule is C#C[C@H]1CC[C@H](Cn2c(N3CCCC4COCCC43)nc3nc(-c4noc(=O)[nH]4)nc(N[C@H](C)C4CCC4)c32)CC1. The molecule has 0 aromatic carbocycles. The summed E-state index contributed by atoms with van der Waals surface area (Å²) in [6.45, 7) is 5.64. The molecule has 4 fully saturated rings. The van der Waals surface area contributed by atoms with Gasteiger partial charge in [-0.1, -0.05) is 11.6 Å². The van der Waals surface area contributed by atoms with Gasteiger partial charge in [0.2, 0.25) is 17.6 Å². The molecule has 4 aliphatic rings. The van der Waals surface area contributed by atoms with E-state index in [0.717, 1.165) is 82.1 Å². The molecule has 2 aliphatic heterocycles. The summed E-state index contributed by atoms with van der Waals surface area (Å²) < 4.78 is 13.1. The lowest BCUT2D eigenvalue weighted by Gasteiger charge is -2.44. The van der Waals surface area contributed by atoms with E-state index in [1.54, 1.807) is 0 Å². The van der Waals surface area contributed by atoms with Crippen LogP contribution in [0.25, 0.3) is 22.8 Å². The van der Waals surface area contributed by atoms with Crippen LogP contribution in [0.4, 0.5) is 11.8 Å². The Hall–Kier alpha value is -3.39. The second-order valence-electron chi connectivity index (χ2n) is 12.6. The van der Waals surface area contributed by atoms with E-state index in [1.807, 2.05) is 0 Å². The van der Waals surface area contributed by atoms with Crippen molar-refractivity contribution in [1.29, 1.82) is 0 Å². The molecule has 2 saturated heterocycles. The molecule has 0 spiro atoms. The Morgan fingerprint density at radius 3 is 2.68 bits per heavy atom. The number of anilines is 2. The lowest BCUT2D eigenvalue weighted by molar-refractivity contribution is 0.0278. The summed E-state index contributed by atoms with van der Waals surface area (Å²) in [4.78, 5) is 32.0. The fourth-order valence-corrected chi connectivity index (χ4v) is 7.40. The maximum absolute atomic E-state index is 11.8. The fourth-order valence-electron chi connectivity index (χ4n) is 7.40. The number of ether oxygens (including phenoxy) is 1. The Kier molecular flexibility index (Phi) is 7.19. The molecule has 0 amide bonds. The Balaban J connectivity index is 1.35. The number of hydrogen-bond donors (Lipinski definition) is 2. The molecule has 2 unspecified atom stereocenters. The van der Waals surface area contributed by atoms with Crippen molar-refractivity contribution in [3.05, 3.63) is 10.6 Å². The molecule has 3 atom stereocenters. The molecule has 2 saturated carbocycles. The van der Waals surface area contributed by atoms with Crippen molar-refractivity contribution in [2.24, 2.45) is 23.7 Å². The van der Waals surface area contributed by atoms with Gasteiger partial charge in [-0.15, -0.1) is 12.3 Å². The van der Waals surface area contributed by atoms with Gasteiger partial charge in [0, 0.05) is 43.6 Å². The fraction of sp³-hybridized carbons (Fsp3) is 0.700. The summed E-state index contributed by atoms with van der Waals surface area (Å²) in [6.07, 6.45) is 17.1. The van der Waals surface area contributed by atoms with Crippen LogP contribution in [0.1, 0.15) is 71.1 Å². The lowest BCUT2D eigenvalue weighted by atomic mass is 9.80. The molecule has 11 heteroatoms. The number of piperidine rings is 1. The highest BCUT2D eigenvalue weighted by Crippen LogP contribution is 2.39. The molecule has 0 radical (unpaired) electrons. The van der Waals surface area contributed by atoms with E-state index in [9.17, 15) is 4.79 Å². The van der Waals surface area contributed by atoms with E-state index >= 15 is 0 Å². The van der Waals surface area contributed by atoms with Crippen molar-refractivity contribution in [1.82, 2.24) is 29.7 Å². The first-order chi connectivity index (χ1) is 20.1. The van der Waals surface area contributed by atoms with Crippen molar-refractivity contribution in [2.75, 3.05) is 30.0 Å². The predicted octanol–water partition coefficient (Wildman–Crippen LogP) is 4.22.